The summed E-state index contributed by atoms with van der Waals surface area (Å²) in [5.41, 5.74) is 4.54. The molecule has 0 radical (unpaired) electrons. The third-order valence-corrected chi connectivity index (χ3v) is 5.20. The Balaban J connectivity index is 1.39. The number of aromatic nitrogens is 4. The summed E-state index contributed by atoms with van der Waals surface area (Å²) < 4.78 is 1.60. The molecule has 0 aliphatic carbocycles. The lowest BCUT2D eigenvalue weighted by atomic mass is 10.0. The van der Waals surface area contributed by atoms with Crippen LogP contribution in [0.2, 0.25) is 0 Å². The first-order valence-electron chi connectivity index (χ1n) is 9.34. The summed E-state index contributed by atoms with van der Waals surface area (Å²) >= 11 is 0. The number of anilines is 1. The Kier molecular flexibility index (Phi) is 4.75. The lowest BCUT2D eigenvalue weighted by molar-refractivity contribution is -0.131. The Morgan fingerprint density at radius 1 is 1.26 bits per heavy atom. The number of aryl methyl sites for hydroxylation is 2. The van der Waals surface area contributed by atoms with Crippen LogP contribution < -0.4 is 5.32 Å². The summed E-state index contributed by atoms with van der Waals surface area (Å²) in [7, 11) is 0. The third kappa shape index (κ3) is 3.92. The van der Waals surface area contributed by atoms with E-state index < -0.39 is 0 Å². The first kappa shape index (κ1) is 17.5. The second-order valence-electron chi connectivity index (χ2n) is 7.27. The van der Waals surface area contributed by atoms with E-state index in [-0.39, 0.29) is 11.9 Å². The van der Waals surface area contributed by atoms with Crippen LogP contribution in [0.25, 0.3) is 5.78 Å². The summed E-state index contributed by atoms with van der Waals surface area (Å²) in [5, 5.41) is 7.67. The fraction of sp³-hybridized carbons (Fsp3) is 0.400. The molecule has 1 aromatic carbocycles. The van der Waals surface area contributed by atoms with Gasteiger partial charge < -0.3 is 10.2 Å². The molecular weight excluding hydrogens is 340 g/mol. The molecule has 1 N–H and O–H groups in total. The highest BCUT2D eigenvalue weighted by molar-refractivity contribution is 5.78. The molecule has 7 heteroatoms. The molecule has 4 rings (SSSR count). The van der Waals surface area contributed by atoms with E-state index in [1.54, 1.807) is 10.7 Å². The number of nitrogens with zero attached hydrogens (tertiary/aromatic N) is 5. The number of hydrogen-bond acceptors (Lipinski definition) is 5. The standard InChI is InChI=1S/C20H24N6O/c1-14-5-6-17(8-15(14)2)24-18-4-3-7-25(12-18)19(27)9-16-10-21-20-22-13-23-26(20)11-16/h5-6,8,10-11,13,18,24H,3-4,7,9,12H2,1-2H3. The van der Waals surface area contributed by atoms with Gasteiger partial charge in [-0.2, -0.15) is 10.1 Å². The summed E-state index contributed by atoms with van der Waals surface area (Å²) in [5.74, 6) is 0.671. The predicted molar refractivity (Wildman–Crippen MR) is 104 cm³/mol. The maximum atomic E-state index is 12.8. The monoisotopic (exact) mass is 364 g/mol. The molecule has 2 aromatic heterocycles. The zero-order valence-corrected chi connectivity index (χ0v) is 15.7. The van der Waals surface area contributed by atoms with Gasteiger partial charge in [0.2, 0.25) is 5.91 Å². The largest absolute Gasteiger partial charge is 0.381 e. The molecule has 0 spiro atoms. The van der Waals surface area contributed by atoms with E-state index in [9.17, 15) is 4.79 Å². The lowest BCUT2D eigenvalue weighted by Crippen LogP contribution is -2.45. The van der Waals surface area contributed by atoms with E-state index in [0.29, 0.717) is 12.2 Å². The SMILES string of the molecule is Cc1ccc(NC2CCCN(C(=O)Cc3cnc4ncnn4c3)C2)cc1C. The highest BCUT2D eigenvalue weighted by atomic mass is 16.2. The molecule has 1 fully saturated rings. The van der Waals surface area contributed by atoms with E-state index >= 15 is 0 Å². The fourth-order valence-corrected chi connectivity index (χ4v) is 3.52. The van der Waals surface area contributed by atoms with E-state index in [1.165, 1.54) is 17.5 Å². The topological polar surface area (TPSA) is 75.4 Å². The first-order valence-corrected chi connectivity index (χ1v) is 9.34. The van der Waals surface area contributed by atoms with Crippen LogP contribution >= 0.6 is 0 Å². The van der Waals surface area contributed by atoms with Crippen molar-refractivity contribution in [2.45, 2.75) is 39.2 Å². The molecule has 1 amide bonds. The molecule has 3 aromatic rings. The van der Waals surface area contributed by atoms with Crippen molar-refractivity contribution in [1.82, 2.24) is 24.5 Å². The number of fused-ring (bicyclic) bond motifs is 1. The van der Waals surface area contributed by atoms with Gasteiger partial charge in [0, 0.05) is 37.2 Å². The van der Waals surface area contributed by atoms with E-state index in [0.717, 1.165) is 37.2 Å². The first-order chi connectivity index (χ1) is 13.1. The van der Waals surface area contributed by atoms with Gasteiger partial charge in [-0.25, -0.2) is 9.50 Å². The van der Waals surface area contributed by atoms with E-state index in [4.69, 9.17) is 0 Å². The average molecular weight is 364 g/mol. The summed E-state index contributed by atoms with van der Waals surface area (Å²) in [6.45, 7) is 5.77. The Bertz CT molecular complexity index is 966. The second-order valence-corrected chi connectivity index (χ2v) is 7.27. The number of piperidine rings is 1. The van der Waals surface area contributed by atoms with Crippen molar-refractivity contribution in [3.05, 3.63) is 53.6 Å². The summed E-state index contributed by atoms with van der Waals surface area (Å²) in [6, 6.07) is 6.70. The number of likely N-dealkylation sites (tertiary alicyclic amines) is 1. The van der Waals surface area contributed by atoms with Gasteiger partial charge in [0.25, 0.3) is 5.78 Å². The number of benzene rings is 1. The van der Waals surface area contributed by atoms with Gasteiger partial charge in [-0.1, -0.05) is 6.07 Å². The van der Waals surface area contributed by atoms with Gasteiger partial charge in [0.15, 0.2) is 0 Å². The van der Waals surface area contributed by atoms with Crippen LogP contribution in [-0.4, -0.2) is 49.5 Å². The predicted octanol–water partition coefficient (Wildman–Crippen LogP) is 2.39. The summed E-state index contributed by atoms with van der Waals surface area (Å²) in [4.78, 5) is 23.0. The maximum Gasteiger partial charge on any atom is 0.252 e. The van der Waals surface area contributed by atoms with Crippen LogP contribution in [0.4, 0.5) is 5.69 Å². The molecule has 1 unspecified atom stereocenters. The van der Waals surface area contributed by atoms with Crippen molar-refractivity contribution in [3.63, 3.8) is 0 Å². The minimum atomic E-state index is 0.128. The number of rotatable bonds is 4. The zero-order chi connectivity index (χ0) is 18.8. The molecule has 27 heavy (non-hydrogen) atoms. The molecule has 1 saturated heterocycles. The van der Waals surface area contributed by atoms with Crippen molar-refractivity contribution in [3.8, 4) is 0 Å². The van der Waals surface area contributed by atoms with Gasteiger partial charge in [-0.15, -0.1) is 0 Å². The smallest absolute Gasteiger partial charge is 0.252 e. The molecule has 1 aliphatic rings. The molecular formula is C20H24N6O. The van der Waals surface area contributed by atoms with Crippen LogP contribution in [0, 0.1) is 13.8 Å². The molecule has 1 aliphatic heterocycles. The van der Waals surface area contributed by atoms with Crippen molar-refractivity contribution in [2.24, 2.45) is 0 Å². The number of hydrogen-bond donors (Lipinski definition) is 1. The fourth-order valence-electron chi connectivity index (χ4n) is 3.52. The molecule has 3 heterocycles. The van der Waals surface area contributed by atoms with Crippen LogP contribution in [-0.2, 0) is 11.2 Å². The lowest BCUT2D eigenvalue weighted by Gasteiger charge is -2.34. The molecule has 140 valence electrons. The van der Waals surface area contributed by atoms with Crippen molar-refractivity contribution in [1.29, 1.82) is 0 Å². The van der Waals surface area contributed by atoms with Crippen LogP contribution in [0.15, 0.2) is 36.9 Å². The number of nitrogens with one attached hydrogen (secondary N) is 1. The molecule has 0 saturated carbocycles. The highest BCUT2D eigenvalue weighted by Gasteiger charge is 2.24. The van der Waals surface area contributed by atoms with Crippen LogP contribution in [0.1, 0.15) is 29.5 Å². The zero-order valence-electron chi connectivity index (χ0n) is 15.7. The van der Waals surface area contributed by atoms with Gasteiger partial charge >= 0.3 is 0 Å². The average Bonchev–Trinajstić information content (AvgIpc) is 3.13. The number of amides is 1. The molecule has 1 atom stereocenters. The Labute approximate surface area is 158 Å². The van der Waals surface area contributed by atoms with E-state index in [2.05, 4.69) is 52.4 Å². The minimum Gasteiger partial charge on any atom is -0.381 e. The van der Waals surface area contributed by atoms with Gasteiger partial charge in [-0.3, -0.25) is 4.79 Å². The van der Waals surface area contributed by atoms with Crippen molar-refractivity contribution < 1.29 is 4.79 Å². The summed E-state index contributed by atoms with van der Waals surface area (Å²) in [6.07, 6.45) is 7.40. The Hall–Kier alpha value is -2.96. The quantitative estimate of drug-likeness (QED) is 0.769. The van der Waals surface area contributed by atoms with Crippen molar-refractivity contribution in [2.75, 3.05) is 18.4 Å². The maximum absolute atomic E-state index is 12.8. The minimum absolute atomic E-state index is 0.128. The van der Waals surface area contributed by atoms with Gasteiger partial charge in [-0.05, 0) is 55.5 Å². The number of carbonyl (C=O) groups is 1. The Morgan fingerprint density at radius 3 is 3.00 bits per heavy atom. The van der Waals surface area contributed by atoms with Crippen LogP contribution in [0.3, 0.4) is 0 Å². The highest BCUT2D eigenvalue weighted by Crippen LogP contribution is 2.19. The molecule has 7 nitrogen and oxygen atoms in total. The second kappa shape index (κ2) is 7.34. The third-order valence-electron chi connectivity index (χ3n) is 5.20. The normalized spacial score (nSPS) is 17.3. The Morgan fingerprint density at radius 2 is 2.15 bits per heavy atom. The van der Waals surface area contributed by atoms with E-state index in [1.807, 2.05) is 11.1 Å². The van der Waals surface area contributed by atoms with Crippen LogP contribution in [0.5, 0.6) is 0 Å². The molecule has 0 bridgehead atoms. The van der Waals surface area contributed by atoms with Crippen molar-refractivity contribution >= 4 is 17.4 Å². The van der Waals surface area contributed by atoms with Gasteiger partial charge in [0.1, 0.15) is 6.33 Å². The van der Waals surface area contributed by atoms with Gasteiger partial charge in [0.05, 0.1) is 6.42 Å². The number of carbonyl (C=O) groups excluding carboxylic acids is 1.